The Bertz CT molecular complexity index is 764. The second-order valence-electron chi connectivity index (χ2n) is 7.05. The molecule has 0 aliphatic carbocycles. The van der Waals surface area contributed by atoms with Gasteiger partial charge in [-0.3, -0.25) is 4.98 Å². The van der Waals surface area contributed by atoms with E-state index in [9.17, 15) is 10.4 Å². The first kappa shape index (κ1) is 18.6. The number of aliphatic hydroxyl groups excluding tert-OH is 1. The van der Waals surface area contributed by atoms with E-state index in [4.69, 9.17) is 0 Å². The zero-order chi connectivity index (χ0) is 18.4. The number of fused-ring (bicyclic) bond motifs is 1. The van der Waals surface area contributed by atoms with E-state index in [1.54, 1.807) is 6.20 Å². The Hall–Kier alpha value is -2.20. The van der Waals surface area contributed by atoms with E-state index in [1.165, 1.54) is 0 Å². The Balaban J connectivity index is 1.72. The average Bonchev–Trinajstić information content (AvgIpc) is 2.66. The van der Waals surface area contributed by atoms with Crippen molar-refractivity contribution >= 4 is 16.6 Å². The number of hydrogen-bond acceptors (Lipinski definition) is 6. The maximum Gasteiger partial charge on any atom is 0.101 e. The Morgan fingerprint density at radius 1 is 1.35 bits per heavy atom. The van der Waals surface area contributed by atoms with Crippen LogP contribution in [0.1, 0.15) is 18.9 Å². The van der Waals surface area contributed by atoms with Crippen molar-refractivity contribution < 1.29 is 5.11 Å². The third-order valence-electron chi connectivity index (χ3n) is 4.87. The van der Waals surface area contributed by atoms with Gasteiger partial charge in [0.2, 0.25) is 0 Å². The number of piperazine rings is 1. The van der Waals surface area contributed by atoms with Gasteiger partial charge in [0, 0.05) is 56.5 Å². The summed E-state index contributed by atoms with van der Waals surface area (Å²) < 4.78 is 0. The van der Waals surface area contributed by atoms with Crippen molar-refractivity contribution in [3.8, 4) is 6.07 Å². The fraction of sp³-hybridized carbons (Fsp3) is 0.500. The summed E-state index contributed by atoms with van der Waals surface area (Å²) in [5.41, 5.74) is 2.31. The molecule has 1 aliphatic rings. The van der Waals surface area contributed by atoms with Gasteiger partial charge in [-0.1, -0.05) is 0 Å². The van der Waals surface area contributed by atoms with Gasteiger partial charge in [0.15, 0.2) is 0 Å². The number of aromatic nitrogens is 1. The number of pyridine rings is 1. The third-order valence-corrected chi connectivity index (χ3v) is 4.87. The Morgan fingerprint density at radius 3 is 2.88 bits per heavy atom. The standard InChI is InChI=1S/C20H27N5O/c1-15(26)11-16(14-25-9-7-22-8-10-25)13-24-19-5-4-17(12-21)20-18(19)3-2-6-23-20/h2-6,15-16,22,24,26H,7-11,13-14H2,1H3. The molecule has 0 radical (unpaired) electrons. The zero-order valence-corrected chi connectivity index (χ0v) is 15.3. The molecule has 2 heterocycles. The zero-order valence-electron chi connectivity index (χ0n) is 15.3. The predicted octanol–water partition coefficient (Wildman–Crippen LogP) is 1.81. The highest BCUT2D eigenvalue weighted by atomic mass is 16.3. The Morgan fingerprint density at radius 2 is 2.15 bits per heavy atom. The molecular formula is C20H27N5O. The molecule has 0 amide bonds. The summed E-state index contributed by atoms with van der Waals surface area (Å²) in [7, 11) is 0. The monoisotopic (exact) mass is 353 g/mol. The highest BCUT2D eigenvalue weighted by molar-refractivity contribution is 5.94. The van der Waals surface area contributed by atoms with Gasteiger partial charge in [-0.2, -0.15) is 5.26 Å². The van der Waals surface area contributed by atoms with Crippen molar-refractivity contribution in [2.75, 3.05) is 44.6 Å². The average molecular weight is 353 g/mol. The number of nitriles is 1. The summed E-state index contributed by atoms with van der Waals surface area (Å²) in [4.78, 5) is 6.83. The van der Waals surface area contributed by atoms with Crippen molar-refractivity contribution in [1.29, 1.82) is 5.26 Å². The van der Waals surface area contributed by atoms with Crippen LogP contribution < -0.4 is 10.6 Å². The van der Waals surface area contributed by atoms with E-state index in [0.717, 1.165) is 62.3 Å². The van der Waals surface area contributed by atoms with Crippen LogP contribution in [0.15, 0.2) is 30.5 Å². The topological polar surface area (TPSA) is 84.2 Å². The number of aliphatic hydroxyl groups is 1. The molecule has 138 valence electrons. The van der Waals surface area contributed by atoms with Gasteiger partial charge in [0.25, 0.3) is 0 Å². The molecule has 0 bridgehead atoms. The van der Waals surface area contributed by atoms with Crippen molar-refractivity contribution in [1.82, 2.24) is 15.2 Å². The van der Waals surface area contributed by atoms with Crippen molar-refractivity contribution in [3.63, 3.8) is 0 Å². The molecule has 1 aromatic carbocycles. The van der Waals surface area contributed by atoms with Gasteiger partial charge in [-0.15, -0.1) is 0 Å². The summed E-state index contributed by atoms with van der Waals surface area (Å²) in [6.07, 6.45) is 2.17. The van der Waals surface area contributed by atoms with Crippen molar-refractivity contribution in [2.24, 2.45) is 5.92 Å². The highest BCUT2D eigenvalue weighted by Crippen LogP contribution is 2.25. The molecule has 26 heavy (non-hydrogen) atoms. The number of nitrogens with zero attached hydrogens (tertiary/aromatic N) is 3. The molecule has 3 N–H and O–H groups in total. The molecule has 6 heteroatoms. The summed E-state index contributed by atoms with van der Waals surface area (Å²) >= 11 is 0. The van der Waals surface area contributed by atoms with E-state index in [1.807, 2.05) is 31.2 Å². The number of hydrogen-bond donors (Lipinski definition) is 3. The molecule has 6 nitrogen and oxygen atoms in total. The lowest BCUT2D eigenvalue weighted by Gasteiger charge is -2.31. The first-order valence-electron chi connectivity index (χ1n) is 9.30. The minimum absolute atomic E-state index is 0.316. The maximum atomic E-state index is 9.88. The van der Waals surface area contributed by atoms with Crippen LogP contribution in [-0.4, -0.2) is 60.4 Å². The van der Waals surface area contributed by atoms with E-state index in [-0.39, 0.29) is 6.10 Å². The fourth-order valence-corrected chi connectivity index (χ4v) is 3.64. The molecule has 2 aromatic rings. The number of benzene rings is 1. The first-order valence-corrected chi connectivity index (χ1v) is 9.30. The third kappa shape index (κ3) is 4.70. The second kappa shape index (κ2) is 8.95. The van der Waals surface area contributed by atoms with Crippen molar-refractivity contribution in [3.05, 3.63) is 36.0 Å². The van der Waals surface area contributed by atoms with Crippen LogP contribution in [0.3, 0.4) is 0 Å². The molecule has 0 spiro atoms. The van der Waals surface area contributed by atoms with Gasteiger partial charge in [0.1, 0.15) is 6.07 Å². The van der Waals surface area contributed by atoms with Gasteiger partial charge in [-0.25, -0.2) is 0 Å². The number of nitrogens with one attached hydrogen (secondary N) is 2. The minimum atomic E-state index is -0.316. The molecule has 3 rings (SSSR count). The molecule has 0 saturated carbocycles. The predicted molar refractivity (Wildman–Crippen MR) is 104 cm³/mol. The Labute approximate surface area is 154 Å². The maximum absolute atomic E-state index is 9.88. The van der Waals surface area contributed by atoms with E-state index < -0.39 is 0 Å². The lowest BCUT2D eigenvalue weighted by Crippen LogP contribution is -2.46. The normalized spacial score (nSPS) is 17.6. The number of anilines is 1. The smallest absolute Gasteiger partial charge is 0.101 e. The Kier molecular flexibility index (Phi) is 6.40. The highest BCUT2D eigenvalue weighted by Gasteiger charge is 2.18. The first-order chi connectivity index (χ1) is 12.7. The molecule has 2 atom stereocenters. The van der Waals surface area contributed by atoms with Gasteiger partial charge >= 0.3 is 0 Å². The lowest BCUT2D eigenvalue weighted by molar-refractivity contribution is 0.136. The fourth-order valence-electron chi connectivity index (χ4n) is 3.64. The van der Waals surface area contributed by atoms with Crippen LogP contribution in [0.5, 0.6) is 0 Å². The van der Waals surface area contributed by atoms with E-state index >= 15 is 0 Å². The molecule has 2 unspecified atom stereocenters. The van der Waals surface area contributed by atoms with Crippen LogP contribution in [0.25, 0.3) is 10.9 Å². The molecular weight excluding hydrogens is 326 g/mol. The van der Waals surface area contributed by atoms with Crippen LogP contribution in [0.4, 0.5) is 5.69 Å². The van der Waals surface area contributed by atoms with Gasteiger partial charge in [-0.05, 0) is 43.5 Å². The van der Waals surface area contributed by atoms with Crippen LogP contribution >= 0.6 is 0 Å². The number of rotatable bonds is 7. The quantitative estimate of drug-likeness (QED) is 0.704. The van der Waals surface area contributed by atoms with E-state index in [2.05, 4.69) is 26.6 Å². The van der Waals surface area contributed by atoms with Crippen LogP contribution in [0.2, 0.25) is 0 Å². The summed E-state index contributed by atoms with van der Waals surface area (Å²) in [6, 6.07) is 9.86. The van der Waals surface area contributed by atoms with Crippen LogP contribution in [0, 0.1) is 17.2 Å². The molecule has 1 saturated heterocycles. The van der Waals surface area contributed by atoms with Crippen molar-refractivity contribution in [2.45, 2.75) is 19.4 Å². The second-order valence-corrected chi connectivity index (χ2v) is 7.05. The largest absolute Gasteiger partial charge is 0.393 e. The summed E-state index contributed by atoms with van der Waals surface area (Å²) in [6.45, 7) is 7.78. The lowest BCUT2D eigenvalue weighted by atomic mass is 10.0. The molecule has 1 aliphatic heterocycles. The summed E-state index contributed by atoms with van der Waals surface area (Å²) in [5.74, 6) is 0.357. The minimum Gasteiger partial charge on any atom is -0.393 e. The summed E-state index contributed by atoms with van der Waals surface area (Å²) in [5, 5.41) is 27.0. The van der Waals surface area contributed by atoms with E-state index in [0.29, 0.717) is 11.5 Å². The molecule has 1 aromatic heterocycles. The SMILES string of the molecule is CC(O)CC(CNc1ccc(C#N)c2ncccc12)CN1CCNCC1. The van der Waals surface area contributed by atoms with Gasteiger partial charge in [0.05, 0.1) is 17.2 Å². The van der Waals surface area contributed by atoms with Crippen LogP contribution in [-0.2, 0) is 0 Å². The van der Waals surface area contributed by atoms with Gasteiger partial charge < -0.3 is 20.6 Å². The molecule has 1 fully saturated rings.